The fourth-order valence-electron chi connectivity index (χ4n) is 2.29. The molecule has 27 heavy (non-hydrogen) atoms. The number of hydrogen-bond acceptors (Lipinski definition) is 4. The van der Waals surface area contributed by atoms with E-state index in [0.717, 1.165) is 0 Å². The molecule has 0 spiro atoms. The smallest absolute Gasteiger partial charge is 0.269 e. The molecule has 0 radical (unpaired) electrons. The Morgan fingerprint density at radius 1 is 1.07 bits per heavy atom. The average Bonchev–Trinajstić information content (AvgIpc) is 3.11. The third-order valence-electron chi connectivity index (χ3n) is 3.59. The molecular formula is C19H12Cl2N2O4. The molecule has 0 aliphatic carbocycles. The molecule has 3 rings (SSSR count). The lowest BCUT2D eigenvalue weighted by molar-refractivity contribution is -0.384. The maximum Gasteiger partial charge on any atom is 0.269 e. The second kappa shape index (κ2) is 8.07. The first-order valence-electron chi connectivity index (χ1n) is 7.72. The molecule has 2 aromatic carbocycles. The Morgan fingerprint density at radius 3 is 2.52 bits per heavy atom. The number of carbonyl (C=O) groups excluding carboxylic acids is 1. The second-order valence-corrected chi connectivity index (χ2v) is 6.22. The number of nitro benzene ring substituents is 1. The number of carbonyl (C=O) groups is 1. The molecule has 0 saturated carbocycles. The van der Waals surface area contributed by atoms with E-state index in [1.54, 1.807) is 30.3 Å². The van der Waals surface area contributed by atoms with Crippen LogP contribution in [0.15, 0.2) is 65.1 Å². The van der Waals surface area contributed by atoms with Gasteiger partial charge in [-0.1, -0.05) is 29.3 Å². The summed E-state index contributed by atoms with van der Waals surface area (Å²) in [6.07, 6.45) is 2.80. The fourth-order valence-corrected chi connectivity index (χ4v) is 2.68. The number of nitrogens with one attached hydrogen (secondary N) is 1. The first-order chi connectivity index (χ1) is 12.9. The third kappa shape index (κ3) is 4.55. The molecule has 0 fully saturated rings. The molecule has 0 aliphatic heterocycles. The summed E-state index contributed by atoms with van der Waals surface area (Å²) in [7, 11) is 0. The third-order valence-corrected chi connectivity index (χ3v) is 4.41. The summed E-state index contributed by atoms with van der Waals surface area (Å²) in [6, 6.07) is 14.2. The van der Waals surface area contributed by atoms with Gasteiger partial charge in [0.15, 0.2) is 0 Å². The van der Waals surface area contributed by atoms with Crippen LogP contribution in [0, 0.1) is 10.1 Å². The van der Waals surface area contributed by atoms with Crippen molar-refractivity contribution in [1.82, 2.24) is 0 Å². The summed E-state index contributed by atoms with van der Waals surface area (Å²) < 4.78 is 5.66. The summed E-state index contributed by atoms with van der Waals surface area (Å²) in [5.74, 6) is 0.584. The number of amides is 1. The quantitative estimate of drug-likeness (QED) is 0.331. The lowest BCUT2D eigenvalue weighted by atomic mass is 10.2. The lowest BCUT2D eigenvalue weighted by Crippen LogP contribution is -2.07. The SMILES string of the molecule is O=C(C=Cc1ccc(-c2cccc(Cl)c2Cl)o1)Nc1ccc([N+](=O)[O-])cc1. The molecule has 3 aromatic rings. The predicted molar refractivity (Wildman–Crippen MR) is 105 cm³/mol. The van der Waals surface area contributed by atoms with Crippen LogP contribution in [0.3, 0.4) is 0 Å². The van der Waals surface area contributed by atoms with Gasteiger partial charge in [-0.25, -0.2) is 0 Å². The highest BCUT2D eigenvalue weighted by atomic mass is 35.5. The van der Waals surface area contributed by atoms with Crippen molar-refractivity contribution in [3.05, 3.63) is 86.6 Å². The van der Waals surface area contributed by atoms with Crippen LogP contribution in [-0.4, -0.2) is 10.8 Å². The van der Waals surface area contributed by atoms with Crippen molar-refractivity contribution >= 4 is 46.6 Å². The van der Waals surface area contributed by atoms with E-state index in [1.807, 2.05) is 0 Å². The zero-order valence-electron chi connectivity index (χ0n) is 13.7. The molecule has 0 atom stereocenters. The molecule has 0 saturated heterocycles. The Kier molecular flexibility index (Phi) is 5.59. The summed E-state index contributed by atoms with van der Waals surface area (Å²) in [5.41, 5.74) is 1.05. The van der Waals surface area contributed by atoms with Crippen LogP contribution in [0.1, 0.15) is 5.76 Å². The van der Waals surface area contributed by atoms with Gasteiger partial charge in [0, 0.05) is 29.5 Å². The van der Waals surface area contributed by atoms with Gasteiger partial charge in [-0.05, 0) is 42.5 Å². The van der Waals surface area contributed by atoms with Crippen molar-refractivity contribution in [2.45, 2.75) is 0 Å². The molecule has 6 nitrogen and oxygen atoms in total. The highest BCUT2D eigenvalue weighted by molar-refractivity contribution is 6.43. The Bertz CT molecular complexity index is 1030. The van der Waals surface area contributed by atoms with Crippen molar-refractivity contribution in [2.75, 3.05) is 5.32 Å². The molecule has 1 amide bonds. The van der Waals surface area contributed by atoms with E-state index in [4.69, 9.17) is 27.6 Å². The fraction of sp³-hybridized carbons (Fsp3) is 0. The first-order valence-corrected chi connectivity index (χ1v) is 8.47. The van der Waals surface area contributed by atoms with E-state index < -0.39 is 10.8 Å². The summed E-state index contributed by atoms with van der Waals surface area (Å²) in [4.78, 5) is 22.1. The van der Waals surface area contributed by atoms with E-state index in [-0.39, 0.29) is 5.69 Å². The maximum atomic E-state index is 12.0. The minimum Gasteiger partial charge on any atom is -0.457 e. The highest BCUT2D eigenvalue weighted by Gasteiger charge is 2.10. The van der Waals surface area contributed by atoms with Gasteiger partial charge >= 0.3 is 0 Å². The highest BCUT2D eigenvalue weighted by Crippen LogP contribution is 2.34. The number of furan rings is 1. The van der Waals surface area contributed by atoms with Crippen LogP contribution in [0.25, 0.3) is 17.4 Å². The van der Waals surface area contributed by atoms with Crippen LogP contribution in [0.4, 0.5) is 11.4 Å². The summed E-state index contributed by atoms with van der Waals surface area (Å²) in [5, 5.41) is 14.0. The summed E-state index contributed by atoms with van der Waals surface area (Å²) >= 11 is 12.2. The molecule has 0 aliphatic rings. The van der Waals surface area contributed by atoms with Gasteiger partial charge in [0.25, 0.3) is 5.69 Å². The van der Waals surface area contributed by atoms with Crippen molar-refractivity contribution in [3.63, 3.8) is 0 Å². The van der Waals surface area contributed by atoms with E-state index in [9.17, 15) is 14.9 Å². The molecule has 0 unspecified atom stereocenters. The minimum absolute atomic E-state index is 0.0497. The van der Waals surface area contributed by atoms with Crippen molar-refractivity contribution < 1.29 is 14.1 Å². The number of hydrogen-bond donors (Lipinski definition) is 1. The number of rotatable bonds is 5. The van der Waals surface area contributed by atoms with Crippen molar-refractivity contribution in [2.24, 2.45) is 0 Å². The number of nitrogens with zero attached hydrogens (tertiary/aromatic N) is 1. The van der Waals surface area contributed by atoms with E-state index in [1.165, 1.54) is 36.4 Å². The van der Waals surface area contributed by atoms with Gasteiger partial charge in [0.1, 0.15) is 11.5 Å². The molecular weight excluding hydrogens is 391 g/mol. The van der Waals surface area contributed by atoms with E-state index in [2.05, 4.69) is 5.32 Å². The Hall–Kier alpha value is -3.09. The van der Waals surface area contributed by atoms with Gasteiger partial charge in [0.2, 0.25) is 5.91 Å². The molecule has 1 aromatic heterocycles. The minimum atomic E-state index is -0.508. The Morgan fingerprint density at radius 2 is 1.81 bits per heavy atom. The molecule has 136 valence electrons. The zero-order valence-corrected chi connectivity index (χ0v) is 15.2. The van der Waals surface area contributed by atoms with Gasteiger partial charge in [-0.2, -0.15) is 0 Å². The largest absolute Gasteiger partial charge is 0.457 e. The average molecular weight is 403 g/mol. The van der Waals surface area contributed by atoms with Crippen LogP contribution >= 0.6 is 23.2 Å². The number of benzene rings is 2. The molecule has 1 N–H and O–H groups in total. The number of anilines is 1. The van der Waals surface area contributed by atoms with Gasteiger partial charge in [-0.15, -0.1) is 0 Å². The maximum absolute atomic E-state index is 12.0. The molecule has 0 bridgehead atoms. The van der Waals surface area contributed by atoms with E-state index >= 15 is 0 Å². The van der Waals surface area contributed by atoms with Crippen LogP contribution in [-0.2, 0) is 4.79 Å². The van der Waals surface area contributed by atoms with Crippen molar-refractivity contribution in [3.8, 4) is 11.3 Å². The van der Waals surface area contributed by atoms with Gasteiger partial charge in [-0.3, -0.25) is 14.9 Å². The van der Waals surface area contributed by atoms with Crippen LogP contribution in [0.2, 0.25) is 10.0 Å². The first kappa shape index (κ1) is 18.7. The topological polar surface area (TPSA) is 85.4 Å². The van der Waals surface area contributed by atoms with Crippen LogP contribution < -0.4 is 5.32 Å². The van der Waals surface area contributed by atoms with Gasteiger partial charge in [0.05, 0.1) is 15.0 Å². The zero-order chi connectivity index (χ0) is 19.4. The van der Waals surface area contributed by atoms with Crippen LogP contribution in [0.5, 0.6) is 0 Å². The Balaban J connectivity index is 1.67. The number of nitro groups is 1. The number of non-ortho nitro benzene ring substituents is 1. The molecule has 1 heterocycles. The van der Waals surface area contributed by atoms with Crippen molar-refractivity contribution in [1.29, 1.82) is 0 Å². The molecule has 8 heteroatoms. The predicted octanol–water partition coefficient (Wildman–Crippen LogP) is 5.81. The monoisotopic (exact) mass is 402 g/mol. The van der Waals surface area contributed by atoms with E-state index in [0.29, 0.717) is 32.8 Å². The van der Waals surface area contributed by atoms with Gasteiger partial charge < -0.3 is 9.73 Å². The Labute approximate surface area is 164 Å². The summed E-state index contributed by atoms with van der Waals surface area (Å²) in [6.45, 7) is 0. The standard InChI is InChI=1S/C19H12Cl2N2O4/c20-16-3-1-2-15(19(16)21)17-10-8-14(27-17)9-11-18(24)22-12-4-6-13(7-5-12)23(25)26/h1-11H,(H,22,24). The number of halogens is 2. The lowest BCUT2D eigenvalue weighted by Gasteiger charge is -2.02. The second-order valence-electron chi connectivity index (χ2n) is 5.43. The normalized spacial score (nSPS) is 10.9.